The highest BCUT2D eigenvalue weighted by atomic mass is 32.1. The number of thiocarbonyl (C=S) groups is 1. The lowest BCUT2D eigenvalue weighted by Gasteiger charge is -2.12. The first-order chi connectivity index (χ1) is 13.9. The first-order valence-electron chi connectivity index (χ1n) is 9.00. The Hall–Kier alpha value is -3.13. The van der Waals surface area contributed by atoms with Crippen molar-refractivity contribution in [2.75, 3.05) is 14.2 Å². The van der Waals surface area contributed by atoms with Crippen LogP contribution in [-0.4, -0.2) is 37.6 Å². The molecule has 0 radical (unpaired) electrons. The molecule has 2 aromatic carbocycles. The average molecular weight is 416 g/mol. The molecule has 0 aliphatic heterocycles. The van der Waals surface area contributed by atoms with Crippen LogP contribution >= 0.6 is 12.2 Å². The number of ether oxygens (including phenoxy) is 3. The molecule has 0 aliphatic rings. The number of hydrazone groups is 1. The van der Waals surface area contributed by atoms with E-state index < -0.39 is 0 Å². The van der Waals surface area contributed by atoms with E-state index in [1.807, 2.05) is 44.2 Å². The number of carbonyl (C=O) groups is 1. The number of esters is 1. The Bertz CT molecular complexity index is 867. The SMILES string of the molecule is COC(=O)c1ccc(COc2ccc(/C=N/NC(=S)NC(C)C)cc2OC)cc1. The normalized spacial score (nSPS) is 10.7. The molecular formula is C21H25N3O4S. The Labute approximate surface area is 176 Å². The molecule has 2 aromatic rings. The molecule has 0 saturated carbocycles. The molecule has 0 bridgehead atoms. The third kappa shape index (κ3) is 7.08. The van der Waals surface area contributed by atoms with Crippen molar-refractivity contribution in [1.82, 2.24) is 10.7 Å². The van der Waals surface area contributed by atoms with E-state index in [0.717, 1.165) is 11.1 Å². The van der Waals surface area contributed by atoms with Crippen molar-refractivity contribution in [2.24, 2.45) is 5.10 Å². The van der Waals surface area contributed by atoms with Gasteiger partial charge in [0.2, 0.25) is 0 Å². The molecule has 0 aliphatic carbocycles. The highest BCUT2D eigenvalue weighted by molar-refractivity contribution is 7.80. The molecule has 0 fully saturated rings. The van der Waals surface area contributed by atoms with E-state index in [0.29, 0.717) is 28.8 Å². The predicted molar refractivity (Wildman–Crippen MR) is 117 cm³/mol. The van der Waals surface area contributed by atoms with Crippen molar-refractivity contribution in [3.8, 4) is 11.5 Å². The summed E-state index contributed by atoms with van der Waals surface area (Å²) in [5.41, 5.74) is 5.00. The molecule has 154 valence electrons. The average Bonchev–Trinajstić information content (AvgIpc) is 2.71. The van der Waals surface area contributed by atoms with Gasteiger partial charge in [-0.1, -0.05) is 12.1 Å². The molecule has 2 N–H and O–H groups in total. The highest BCUT2D eigenvalue weighted by Crippen LogP contribution is 2.28. The Morgan fingerprint density at radius 1 is 1.14 bits per heavy atom. The zero-order valence-corrected chi connectivity index (χ0v) is 17.7. The summed E-state index contributed by atoms with van der Waals surface area (Å²) < 4.78 is 16.0. The molecule has 0 spiro atoms. The second-order valence-electron chi connectivity index (χ2n) is 6.39. The largest absolute Gasteiger partial charge is 0.493 e. The monoisotopic (exact) mass is 415 g/mol. The fourth-order valence-corrected chi connectivity index (χ4v) is 2.65. The van der Waals surface area contributed by atoms with E-state index in [4.69, 9.17) is 26.4 Å². The number of nitrogens with one attached hydrogen (secondary N) is 2. The van der Waals surface area contributed by atoms with Crippen LogP contribution in [0.4, 0.5) is 0 Å². The molecule has 0 unspecified atom stereocenters. The van der Waals surface area contributed by atoms with E-state index in [1.165, 1.54) is 7.11 Å². The molecule has 7 nitrogen and oxygen atoms in total. The van der Waals surface area contributed by atoms with Crippen molar-refractivity contribution in [2.45, 2.75) is 26.5 Å². The zero-order chi connectivity index (χ0) is 21.2. The summed E-state index contributed by atoms with van der Waals surface area (Å²) in [5, 5.41) is 7.61. The highest BCUT2D eigenvalue weighted by Gasteiger charge is 2.08. The molecular weight excluding hydrogens is 390 g/mol. The van der Waals surface area contributed by atoms with Crippen LogP contribution in [0, 0.1) is 0 Å². The van der Waals surface area contributed by atoms with E-state index in [2.05, 4.69) is 15.8 Å². The first-order valence-corrected chi connectivity index (χ1v) is 9.41. The van der Waals surface area contributed by atoms with Crippen LogP contribution in [0.1, 0.15) is 35.3 Å². The van der Waals surface area contributed by atoms with Crippen LogP contribution in [0.15, 0.2) is 47.6 Å². The van der Waals surface area contributed by atoms with Gasteiger partial charge in [-0.2, -0.15) is 5.10 Å². The summed E-state index contributed by atoms with van der Waals surface area (Å²) in [6, 6.07) is 12.8. The fraction of sp³-hybridized carbons (Fsp3) is 0.286. The van der Waals surface area contributed by atoms with E-state index in [-0.39, 0.29) is 12.0 Å². The van der Waals surface area contributed by atoms with Crippen LogP contribution in [-0.2, 0) is 11.3 Å². The van der Waals surface area contributed by atoms with Crippen LogP contribution in [0.3, 0.4) is 0 Å². The summed E-state index contributed by atoms with van der Waals surface area (Å²) in [6.45, 7) is 4.32. The van der Waals surface area contributed by atoms with Gasteiger partial charge in [0, 0.05) is 6.04 Å². The number of hydrogen-bond donors (Lipinski definition) is 2. The number of benzene rings is 2. The summed E-state index contributed by atoms with van der Waals surface area (Å²) in [4.78, 5) is 11.5. The summed E-state index contributed by atoms with van der Waals surface area (Å²) in [5.74, 6) is 0.821. The van der Waals surface area contributed by atoms with Crippen molar-refractivity contribution in [3.63, 3.8) is 0 Å². The lowest BCUT2D eigenvalue weighted by molar-refractivity contribution is 0.0600. The molecule has 2 rings (SSSR count). The van der Waals surface area contributed by atoms with Gasteiger partial charge in [-0.3, -0.25) is 5.43 Å². The Kier molecular flexibility index (Phi) is 8.42. The standard InChI is InChI=1S/C21H25N3O4S/c1-14(2)23-21(29)24-22-12-16-7-10-18(19(11-16)26-3)28-13-15-5-8-17(9-6-15)20(25)27-4/h5-12,14H,13H2,1-4H3,(H2,23,24,29)/b22-12+. The van der Waals surface area contributed by atoms with E-state index in [1.54, 1.807) is 25.5 Å². The predicted octanol–water partition coefficient (Wildman–Crippen LogP) is 3.27. The minimum absolute atomic E-state index is 0.235. The first kappa shape index (κ1) is 22.2. The molecule has 0 atom stereocenters. The summed E-state index contributed by atoms with van der Waals surface area (Å²) in [7, 11) is 2.93. The molecule has 0 aromatic heterocycles. The second-order valence-corrected chi connectivity index (χ2v) is 6.79. The van der Waals surface area contributed by atoms with Gasteiger partial charge in [0.15, 0.2) is 16.6 Å². The number of nitrogens with zero attached hydrogens (tertiary/aromatic N) is 1. The summed E-state index contributed by atoms with van der Waals surface area (Å²) in [6.07, 6.45) is 1.64. The van der Waals surface area contributed by atoms with Gasteiger partial charge < -0.3 is 19.5 Å². The number of methoxy groups -OCH3 is 2. The molecule has 8 heteroatoms. The maximum atomic E-state index is 11.5. The van der Waals surface area contributed by atoms with Gasteiger partial charge in [0.05, 0.1) is 26.0 Å². The van der Waals surface area contributed by atoms with Crippen molar-refractivity contribution >= 4 is 29.5 Å². The number of rotatable bonds is 8. The van der Waals surface area contributed by atoms with Gasteiger partial charge in [0.25, 0.3) is 0 Å². The van der Waals surface area contributed by atoms with E-state index in [9.17, 15) is 4.79 Å². The van der Waals surface area contributed by atoms with E-state index >= 15 is 0 Å². The van der Waals surface area contributed by atoms with Crippen molar-refractivity contribution in [1.29, 1.82) is 0 Å². The molecule has 29 heavy (non-hydrogen) atoms. The Morgan fingerprint density at radius 2 is 1.86 bits per heavy atom. The lowest BCUT2D eigenvalue weighted by Crippen LogP contribution is -2.36. The second kappa shape index (κ2) is 11.0. The van der Waals surface area contributed by atoms with Gasteiger partial charge in [-0.15, -0.1) is 0 Å². The van der Waals surface area contributed by atoms with Crippen LogP contribution in [0.5, 0.6) is 11.5 Å². The molecule has 0 saturated heterocycles. The topological polar surface area (TPSA) is 81.2 Å². The minimum Gasteiger partial charge on any atom is -0.493 e. The smallest absolute Gasteiger partial charge is 0.337 e. The maximum absolute atomic E-state index is 11.5. The van der Waals surface area contributed by atoms with Gasteiger partial charge in [0.1, 0.15) is 6.61 Å². The Morgan fingerprint density at radius 3 is 2.48 bits per heavy atom. The third-order valence-electron chi connectivity index (χ3n) is 3.76. The lowest BCUT2D eigenvalue weighted by atomic mass is 10.1. The number of carbonyl (C=O) groups excluding carboxylic acids is 1. The van der Waals surface area contributed by atoms with Gasteiger partial charge >= 0.3 is 5.97 Å². The van der Waals surface area contributed by atoms with Gasteiger partial charge in [-0.25, -0.2) is 4.79 Å². The van der Waals surface area contributed by atoms with Crippen LogP contribution < -0.4 is 20.2 Å². The van der Waals surface area contributed by atoms with Crippen molar-refractivity contribution < 1.29 is 19.0 Å². The zero-order valence-electron chi connectivity index (χ0n) is 16.9. The third-order valence-corrected chi connectivity index (χ3v) is 3.97. The summed E-state index contributed by atoms with van der Waals surface area (Å²) >= 11 is 5.12. The Balaban J connectivity index is 1.98. The van der Waals surface area contributed by atoms with Crippen LogP contribution in [0.25, 0.3) is 0 Å². The minimum atomic E-state index is -0.369. The van der Waals surface area contributed by atoms with Crippen molar-refractivity contribution in [3.05, 3.63) is 59.2 Å². The quantitative estimate of drug-likeness (QED) is 0.296. The van der Waals surface area contributed by atoms with Crippen LogP contribution in [0.2, 0.25) is 0 Å². The molecule has 0 amide bonds. The number of hydrogen-bond acceptors (Lipinski definition) is 6. The fourth-order valence-electron chi connectivity index (χ4n) is 2.36. The molecule has 0 heterocycles. The maximum Gasteiger partial charge on any atom is 0.337 e. The van der Waals surface area contributed by atoms with Gasteiger partial charge in [-0.05, 0) is 67.5 Å².